The third-order valence-electron chi connectivity index (χ3n) is 3.78. The molecule has 0 radical (unpaired) electrons. The van der Waals surface area contributed by atoms with Gasteiger partial charge in [0.2, 0.25) is 5.95 Å². The molecule has 3 heterocycles. The number of hydrogen-bond acceptors (Lipinski definition) is 5. The number of H-pyrrole nitrogens is 1. The summed E-state index contributed by atoms with van der Waals surface area (Å²) < 4.78 is 0. The minimum atomic E-state index is 0.552. The van der Waals surface area contributed by atoms with Crippen molar-refractivity contribution in [1.29, 1.82) is 0 Å². The first-order valence-electron chi connectivity index (χ1n) is 7.29. The van der Waals surface area contributed by atoms with Crippen LogP contribution in [0.3, 0.4) is 0 Å². The lowest BCUT2D eigenvalue weighted by Gasteiger charge is -2.35. The van der Waals surface area contributed by atoms with Crippen molar-refractivity contribution in [2.45, 2.75) is 13.5 Å². The summed E-state index contributed by atoms with van der Waals surface area (Å²) in [6.07, 6.45) is 5.31. The summed E-state index contributed by atoms with van der Waals surface area (Å²) in [7, 11) is 0. The van der Waals surface area contributed by atoms with Crippen molar-refractivity contribution < 1.29 is 0 Å². The molecule has 1 fully saturated rings. The van der Waals surface area contributed by atoms with E-state index in [-0.39, 0.29) is 0 Å². The van der Waals surface area contributed by atoms with Crippen LogP contribution in [0.5, 0.6) is 0 Å². The van der Waals surface area contributed by atoms with Gasteiger partial charge in [-0.3, -0.25) is 5.10 Å². The standard InChI is InChI=1S/C14H20N8/c1-11-12(10-19-20-11)9-18-13(15)21-5-7-22(8-6-21)14-16-3-2-4-17-14/h2-4,10H,5-9H2,1H3,(H2,15,18)(H,19,20). The number of guanidine groups is 1. The number of anilines is 1. The maximum atomic E-state index is 6.09. The van der Waals surface area contributed by atoms with Gasteiger partial charge in [-0.2, -0.15) is 5.10 Å². The monoisotopic (exact) mass is 300 g/mol. The van der Waals surface area contributed by atoms with Crippen molar-refractivity contribution in [2.75, 3.05) is 31.1 Å². The van der Waals surface area contributed by atoms with Gasteiger partial charge in [0.05, 0.1) is 12.7 Å². The zero-order valence-corrected chi connectivity index (χ0v) is 12.6. The van der Waals surface area contributed by atoms with Crippen LogP contribution in [0.1, 0.15) is 11.3 Å². The van der Waals surface area contributed by atoms with Gasteiger partial charge in [-0.25, -0.2) is 15.0 Å². The fourth-order valence-electron chi connectivity index (χ4n) is 2.39. The average Bonchev–Trinajstić information content (AvgIpc) is 2.99. The number of aliphatic imine (C=N–C) groups is 1. The van der Waals surface area contributed by atoms with E-state index in [1.807, 2.05) is 13.0 Å². The number of aromatic amines is 1. The number of piperazine rings is 1. The molecule has 1 aliphatic rings. The van der Waals surface area contributed by atoms with Gasteiger partial charge in [0, 0.05) is 49.8 Å². The van der Waals surface area contributed by atoms with Gasteiger partial charge in [0.1, 0.15) is 0 Å². The fourth-order valence-corrected chi connectivity index (χ4v) is 2.39. The lowest BCUT2D eigenvalue weighted by molar-refractivity contribution is 0.378. The molecule has 0 unspecified atom stereocenters. The second-order valence-electron chi connectivity index (χ2n) is 5.22. The highest BCUT2D eigenvalue weighted by molar-refractivity contribution is 5.78. The van der Waals surface area contributed by atoms with Crippen LogP contribution in [0, 0.1) is 6.92 Å². The predicted octanol–water partition coefficient (Wildman–Crippen LogP) is 0.145. The Bertz CT molecular complexity index is 627. The van der Waals surface area contributed by atoms with E-state index in [1.54, 1.807) is 18.6 Å². The average molecular weight is 300 g/mol. The Morgan fingerprint density at radius 1 is 1.27 bits per heavy atom. The molecule has 2 aromatic heterocycles. The molecule has 8 nitrogen and oxygen atoms in total. The molecule has 116 valence electrons. The van der Waals surface area contributed by atoms with Crippen molar-refractivity contribution in [1.82, 2.24) is 25.1 Å². The molecule has 0 bridgehead atoms. The van der Waals surface area contributed by atoms with Gasteiger partial charge in [0.15, 0.2) is 5.96 Å². The van der Waals surface area contributed by atoms with Crippen molar-refractivity contribution >= 4 is 11.9 Å². The smallest absolute Gasteiger partial charge is 0.225 e. The second kappa shape index (κ2) is 6.42. The number of aryl methyl sites for hydroxylation is 1. The normalized spacial score (nSPS) is 16.1. The Balaban J connectivity index is 1.55. The van der Waals surface area contributed by atoms with E-state index >= 15 is 0 Å². The molecule has 0 atom stereocenters. The Hall–Kier alpha value is -2.64. The number of hydrogen-bond donors (Lipinski definition) is 2. The van der Waals surface area contributed by atoms with E-state index in [0.717, 1.165) is 43.4 Å². The third-order valence-corrected chi connectivity index (χ3v) is 3.78. The van der Waals surface area contributed by atoms with E-state index in [0.29, 0.717) is 12.5 Å². The minimum Gasteiger partial charge on any atom is -0.370 e. The molecular weight excluding hydrogens is 280 g/mol. The van der Waals surface area contributed by atoms with Gasteiger partial charge in [0.25, 0.3) is 0 Å². The van der Waals surface area contributed by atoms with E-state index in [9.17, 15) is 0 Å². The first-order chi connectivity index (χ1) is 10.7. The Kier molecular flexibility index (Phi) is 4.17. The van der Waals surface area contributed by atoms with Crippen molar-refractivity contribution in [3.63, 3.8) is 0 Å². The summed E-state index contributed by atoms with van der Waals surface area (Å²) in [6, 6.07) is 1.82. The van der Waals surface area contributed by atoms with E-state index in [2.05, 4.69) is 35.0 Å². The molecule has 0 saturated carbocycles. The van der Waals surface area contributed by atoms with Crippen LogP contribution in [0.25, 0.3) is 0 Å². The highest BCUT2D eigenvalue weighted by Crippen LogP contribution is 2.10. The maximum absolute atomic E-state index is 6.09. The molecule has 3 N–H and O–H groups in total. The van der Waals surface area contributed by atoms with Crippen molar-refractivity contribution in [3.05, 3.63) is 35.9 Å². The van der Waals surface area contributed by atoms with Gasteiger partial charge in [-0.15, -0.1) is 0 Å². The number of nitrogens with one attached hydrogen (secondary N) is 1. The van der Waals surface area contributed by atoms with Crippen LogP contribution in [0.15, 0.2) is 29.6 Å². The SMILES string of the molecule is Cc1[nH]ncc1CN=C(N)N1CCN(c2ncccn2)CC1. The number of aromatic nitrogens is 4. The lowest BCUT2D eigenvalue weighted by atomic mass is 10.3. The predicted molar refractivity (Wildman–Crippen MR) is 84.5 cm³/mol. The largest absolute Gasteiger partial charge is 0.370 e. The molecule has 0 aromatic carbocycles. The molecule has 1 aliphatic heterocycles. The number of rotatable bonds is 3. The lowest BCUT2D eigenvalue weighted by Crippen LogP contribution is -2.51. The molecule has 22 heavy (non-hydrogen) atoms. The quantitative estimate of drug-likeness (QED) is 0.618. The van der Waals surface area contributed by atoms with Crippen LogP contribution < -0.4 is 10.6 Å². The van der Waals surface area contributed by atoms with Gasteiger partial charge < -0.3 is 15.5 Å². The van der Waals surface area contributed by atoms with Crippen LogP contribution in [-0.2, 0) is 6.54 Å². The molecular formula is C14H20N8. The van der Waals surface area contributed by atoms with Crippen molar-refractivity contribution in [2.24, 2.45) is 10.7 Å². The van der Waals surface area contributed by atoms with Crippen LogP contribution in [0.4, 0.5) is 5.95 Å². The molecule has 8 heteroatoms. The van der Waals surface area contributed by atoms with E-state index in [1.165, 1.54) is 0 Å². The van der Waals surface area contributed by atoms with Crippen LogP contribution in [-0.4, -0.2) is 57.2 Å². The topological polar surface area (TPSA) is 99.3 Å². The summed E-state index contributed by atoms with van der Waals surface area (Å²) in [4.78, 5) is 17.3. The van der Waals surface area contributed by atoms with Gasteiger partial charge in [-0.05, 0) is 13.0 Å². The second-order valence-corrected chi connectivity index (χ2v) is 5.22. The first-order valence-corrected chi connectivity index (χ1v) is 7.29. The highest BCUT2D eigenvalue weighted by atomic mass is 15.3. The summed E-state index contributed by atoms with van der Waals surface area (Å²) in [5.74, 6) is 1.35. The van der Waals surface area contributed by atoms with Crippen molar-refractivity contribution in [3.8, 4) is 0 Å². The molecule has 0 aliphatic carbocycles. The van der Waals surface area contributed by atoms with Crippen LogP contribution >= 0.6 is 0 Å². The summed E-state index contributed by atoms with van der Waals surface area (Å²) in [5, 5.41) is 6.89. The molecule has 2 aromatic rings. The molecule has 3 rings (SSSR count). The zero-order chi connectivity index (χ0) is 15.4. The summed E-state index contributed by atoms with van der Waals surface area (Å²) in [5.41, 5.74) is 8.19. The number of nitrogens with zero attached hydrogens (tertiary/aromatic N) is 6. The Labute approximate surface area is 129 Å². The molecule has 0 amide bonds. The maximum Gasteiger partial charge on any atom is 0.225 e. The molecule has 0 spiro atoms. The zero-order valence-electron chi connectivity index (χ0n) is 12.6. The fraction of sp³-hybridized carbons (Fsp3) is 0.429. The highest BCUT2D eigenvalue weighted by Gasteiger charge is 2.19. The number of nitrogens with two attached hydrogens (primary N) is 1. The van der Waals surface area contributed by atoms with E-state index < -0.39 is 0 Å². The molecule has 1 saturated heterocycles. The summed E-state index contributed by atoms with van der Waals surface area (Å²) >= 11 is 0. The first kappa shape index (κ1) is 14.3. The van der Waals surface area contributed by atoms with Gasteiger partial charge >= 0.3 is 0 Å². The third kappa shape index (κ3) is 3.16. The Morgan fingerprint density at radius 3 is 2.64 bits per heavy atom. The Morgan fingerprint density at radius 2 is 2.00 bits per heavy atom. The minimum absolute atomic E-state index is 0.552. The van der Waals surface area contributed by atoms with E-state index in [4.69, 9.17) is 5.73 Å². The van der Waals surface area contributed by atoms with Gasteiger partial charge in [-0.1, -0.05) is 0 Å². The summed E-state index contributed by atoms with van der Waals surface area (Å²) in [6.45, 7) is 5.84. The van der Waals surface area contributed by atoms with Crippen LogP contribution in [0.2, 0.25) is 0 Å².